The van der Waals surface area contributed by atoms with Crippen LogP contribution in [-0.4, -0.2) is 45.4 Å². The third kappa shape index (κ3) is 2.39. The number of hydrogen-bond donors (Lipinski definition) is 2. The standard InChI is InChI=1S/C13H15N3O5/c1-13(2)12(19)14-6-7-15(13)11(18)8-4-3-5-9(10(8)17)16(20)21/h3-5,17H,6-7H2,1-2H3,(H,14,19). The smallest absolute Gasteiger partial charge is 0.311 e. The highest BCUT2D eigenvalue weighted by molar-refractivity contribution is 6.02. The molecular weight excluding hydrogens is 278 g/mol. The SMILES string of the molecule is CC1(C)C(=O)NCCN1C(=O)c1cccc([N+](=O)[O-])c1O. The molecule has 0 atom stereocenters. The van der Waals surface area contributed by atoms with E-state index in [9.17, 15) is 24.8 Å². The average Bonchev–Trinajstić information content (AvgIpc) is 2.41. The molecule has 0 radical (unpaired) electrons. The van der Waals surface area contributed by atoms with E-state index in [-0.39, 0.29) is 18.0 Å². The number of aromatic hydroxyl groups is 1. The molecular formula is C13H15N3O5. The number of carbonyl (C=O) groups is 2. The Morgan fingerprint density at radius 3 is 2.76 bits per heavy atom. The number of nitrogens with zero attached hydrogens (tertiary/aromatic N) is 2. The van der Waals surface area contributed by atoms with E-state index in [0.717, 1.165) is 6.07 Å². The molecule has 2 rings (SSSR count). The van der Waals surface area contributed by atoms with Crippen LogP contribution < -0.4 is 5.32 Å². The first kappa shape index (κ1) is 14.8. The molecule has 2 N–H and O–H groups in total. The van der Waals surface area contributed by atoms with Gasteiger partial charge in [0.05, 0.1) is 10.5 Å². The van der Waals surface area contributed by atoms with Crippen molar-refractivity contribution in [2.45, 2.75) is 19.4 Å². The Hall–Kier alpha value is -2.64. The molecule has 0 aliphatic carbocycles. The average molecular weight is 293 g/mol. The summed E-state index contributed by atoms with van der Waals surface area (Å²) in [5.41, 5.74) is -1.82. The molecule has 1 aromatic carbocycles. The summed E-state index contributed by atoms with van der Waals surface area (Å²) >= 11 is 0. The number of para-hydroxylation sites is 1. The van der Waals surface area contributed by atoms with E-state index in [1.807, 2.05) is 0 Å². The number of nitro groups is 1. The Kier molecular flexibility index (Phi) is 3.54. The van der Waals surface area contributed by atoms with Crippen LogP contribution in [0.5, 0.6) is 5.75 Å². The second-order valence-electron chi connectivity index (χ2n) is 5.20. The van der Waals surface area contributed by atoms with Crippen LogP contribution in [0.3, 0.4) is 0 Å². The van der Waals surface area contributed by atoms with Crippen LogP contribution >= 0.6 is 0 Å². The zero-order valence-corrected chi connectivity index (χ0v) is 11.6. The molecule has 112 valence electrons. The van der Waals surface area contributed by atoms with Gasteiger partial charge in [-0.2, -0.15) is 0 Å². The monoisotopic (exact) mass is 293 g/mol. The van der Waals surface area contributed by atoms with E-state index >= 15 is 0 Å². The first-order valence-electron chi connectivity index (χ1n) is 6.33. The molecule has 8 nitrogen and oxygen atoms in total. The number of piperazine rings is 1. The van der Waals surface area contributed by atoms with Gasteiger partial charge in [0.25, 0.3) is 5.91 Å². The lowest BCUT2D eigenvalue weighted by Gasteiger charge is -2.41. The van der Waals surface area contributed by atoms with Crippen molar-refractivity contribution in [1.29, 1.82) is 0 Å². The van der Waals surface area contributed by atoms with Gasteiger partial charge in [0, 0.05) is 19.2 Å². The molecule has 8 heteroatoms. The number of nitrogens with one attached hydrogen (secondary N) is 1. The number of hydrogen-bond acceptors (Lipinski definition) is 5. The van der Waals surface area contributed by atoms with Crippen LogP contribution in [0.2, 0.25) is 0 Å². The van der Waals surface area contributed by atoms with Gasteiger partial charge in [-0.1, -0.05) is 6.07 Å². The van der Waals surface area contributed by atoms with Crippen LogP contribution in [-0.2, 0) is 4.79 Å². The summed E-state index contributed by atoms with van der Waals surface area (Å²) in [4.78, 5) is 35.7. The zero-order valence-electron chi connectivity index (χ0n) is 11.6. The van der Waals surface area contributed by atoms with E-state index in [1.165, 1.54) is 17.0 Å². The Morgan fingerprint density at radius 2 is 2.14 bits per heavy atom. The molecule has 1 aliphatic heterocycles. The van der Waals surface area contributed by atoms with Crippen LogP contribution in [0, 0.1) is 10.1 Å². The number of phenolic OH excluding ortho intramolecular Hbond substituents is 1. The van der Waals surface area contributed by atoms with E-state index in [4.69, 9.17) is 0 Å². The van der Waals surface area contributed by atoms with Crippen molar-refractivity contribution in [2.24, 2.45) is 0 Å². The molecule has 0 spiro atoms. The predicted octanol–water partition coefficient (Wildman–Crippen LogP) is 0.651. The number of benzene rings is 1. The fourth-order valence-electron chi connectivity index (χ4n) is 2.25. The lowest BCUT2D eigenvalue weighted by atomic mass is 9.97. The highest BCUT2D eigenvalue weighted by atomic mass is 16.6. The van der Waals surface area contributed by atoms with Crippen molar-refractivity contribution in [3.63, 3.8) is 0 Å². The molecule has 21 heavy (non-hydrogen) atoms. The van der Waals surface area contributed by atoms with Crippen molar-refractivity contribution in [3.05, 3.63) is 33.9 Å². The minimum absolute atomic E-state index is 0.188. The summed E-state index contributed by atoms with van der Waals surface area (Å²) in [6.45, 7) is 3.71. The quantitative estimate of drug-likeness (QED) is 0.614. The van der Waals surface area contributed by atoms with E-state index in [1.54, 1.807) is 13.8 Å². The molecule has 1 fully saturated rings. The van der Waals surface area contributed by atoms with Gasteiger partial charge < -0.3 is 15.3 Å². The molecule has 1 heterocycles. The maximum Gasteiger partial charge on any atom is 0.311 e. The first-order valence-corrected chi connectivity index (χ1v) is 6.33. The van der Waals surface area contributed by atoms with Crippen molar-refractivity contribution in [2.75, 3.05) is 13.1 Å². The van der Waals surface area contributed by atoms with Gasteiger partial charge in [-0.15, -0.1) is 0 Å². The number of amides is 2. The number of nitro benzene ring substituents is 1. The minimum Gasteiger partial charge on any atom is -0.502 e. The third-order valence-corrected chi connectivity index (χ3v) is 3.54. The summed E-state index contributed by atoms with van der Waals surface area (Å²) < 4.78 is 0. The van der Waals surface area contributed by atoms with Crippen molar-refractivity contribution in [1.82, 2.24) is 10.2 Å². The second-order valence-corrected chi connectivity index (χ2v) is 5.20. The highest BCUT2D eigenvalue weighted by Crippen LogP contribution is 2.32. The van der Waals surface area contributed by atoms with Crippen molar-refractivity contribution < 1.29 is 19.6 Å². The van der Waals surface area contributed by atoms with Crippen molar-refractivity contribution >= 4 is 17.5 Å². The van der Waals surface area contributed by atoms with E-state index in [2.05, 4.69) is 5.32 Å². The van der Waals surface area contributed by atoms with Gasteiger partial charge in [-0.25, -0.2) is 0 Å². The Bertz CT molecular complexity index is 626. The van der Waals surface area contributed by atoms with E-state index in [0.29, 0.717) is 6.54 Å². The van der Waals surface area contributed by atoms with Crippen LogP contribution in [0.25, 0.3) is 0 Å². The Balaban J connectivity index is 2.43. The zero-order chi connectivity index (χ0) is 15.8. The fraction of sp³-hybridized carbons (Fsp3) is 0.385. The molecule has 0 saturated carbocycles. The van der Waals surface area contributed by atoms with Gasteiger partial charge in [-0.05, 0) is 19.9 Å². The maximum absolute atomic E-state index is 12.5. The molecule has 0 unspecified atom stereocenters. The molecule has 0 aromatic heterocycles. The van der Waals surface area contributed by atoms with Crippen molar-refractivity contribution in [3.8, 4) is 5.75 Å². The molecule has 0 bridgehead atoms. The third-order valence-electron chi connectivity index (χ3n) is 3.54. The summed E-state index contributed by atoms with van der Waals surface area (Å²) in [6, 6.07) is 3.73. The highest BCUT2D eigenvalue weighted by Gasteiger charge is 2.41. The summed E-state index contributed by atoms with van der Waals surface area (Å²) in [5, 5.41) is 23.4. The first-order chi connectivity index (χ1) is 9.76. The number of carbonyl (C=O) groups excluding carboxylic acids is 2. The van der Waals surface area contributed by atoms with Crippen LogP contribution in [0.1, 0.15) is 24.2 Å². The van der Waals surface area contributed by atoms with Gasteiger partial charge in [-0.3, -0.25) is 19.7 Å². The fourth-order valence-corrected chi connectivity index (χ4v) is 2.25. The van der Waals surface area contributed by atoms with Gasteiger partial charge in [0.2, 0.25) is 11.7 Å². The molecule has 1 aliphatic rings. The lowest BCUT2D eigenvalue weighted by Crippen LogP contribution is -2.63. The van der Waals surface area contributed by atoms with E-state index < -0.39 is 27.8 Å². The minimum atomic E-state index is -1.09. The number of phenols is 1. The second kappa shape index (κ2) is 5.04. The normalized spacial score (nSPS) is 17.2. The van der Waals surface area contributed by atoms with Gasteiger partial charge in [0.15, 0.2) is 0 Å². The maximum atomic E-state index is 12.5. The predicted molar refractivity (Wildman–Crippen MR) is 72.9 cm³/mol. The number of rotatable bonds is 2. The van der Waals surface area contributed by atoms with Gasteiger partial charge >= 0.3 is 5.69 Å². The molecule has 1 aromatic rings. The molecule has 1 saturated heterocycles. The van der Waals surface area contributed by atoms with Crippen LogP contribution in [0.4, 0.5) is 5.69 Å². The molecule has 2 amide bonds. The Morgan fingerprint density at radius 1 is 1.48 bits per heavy atom. The summed E-state index contributed by atoms with van der Waals surface area (Å²) in [5.74, 6) is -1.61. The largest absolute Gasteiger partial charge is 0.502 e. The lowest BCUT2D eigenvalue weighted by molar-refractivity contribution is -0.385. The topological polar surface area (TPSA) is 113 Å². The summed E-state index contributed by atoms with van der Waals surface area (Å²) in [6.07, 6.45) is 0. The Labute approximate surface area is 120 Å². The summed E-state index contributed by atoms with van der Waals surface area (Å²) in [7, 11) is 0. The van der Waals surface area contributed by atoms with Gasteiger partial charge in [0.1, 0.15) is 5.54 Å². The van der Waals surface area contributed by atoms with Crippen LogP contribution in [0.15, 0.2) is 18.2 Å².